The average Bonchev–Trinajstić information content (AvgIpc) is 2.70. The molecule has 2 aliphatic carbocycles. The maximum atomic E-state index is 12.4. The van der Waals surface area contributed by atoms with E-state index in [-0.39, 0.29) is 11.5 Å². The zero-order chi connectivity index (χ0) is 11.6. The van der Waals surface area contributed by atoms with Crippen molar-refractivity contribution in [2.45, 2.75) is 51.6 Å². The second-order valence-electron chi connectivity index (χ2n) is 5.10. The van der Waals surface area contributed by atoms with Crippen molar-refractivity contribution in [3.63, 3.8) is 0 Å². The lowest BCUT2D eigenvalue weighted by Crippen LogP contribution is -2.47. The van der Waals surface area contributed by atoms with Gasteiger partial charge in [-0.05, 0) is 44.9 Å². The molecule has 3 atom stereocenters. The van der Waals surface area contributed by atoms with Crippen molar-refractivity contribution in [2.24, 2.45) is 11.3 Å². The normalized spacial score (nSPS) is 40.0. The molecule has 0 amide bonds. The van der Waals surface area contributed by atoms with Gasteiger partial charge in [0.1, 0.15) is 5.78 Å². The van der Waals surface area contributed by atoms with E-state index < -0.39 is 0 Å². The summed E-state index contributed by atoms with van der Waals surface area (Å²) in [5.41, 5.74) is -0.181. The smallest absolute Gasteiger partial charge is 0.142 e. The largest absolute Gasteiger partial charge is 0.380 e. The average molecular weight is 222 g/mol. The number of ketones is 1. The third-order valence-electron chi connectivity index (χ3n) is 4.44. The Balaban J connectivity index is 2.33. The second-order valence-corrected chi connectivity index (χ2v) is 5.10. The molecule has 0 aliphatic heterocycles. The van der Waals surface area contributed by atoms with Gasteiger partial charge in [-0.3, -0.25) is 4.79 Å². The Morgan fingerprint density at radius 3 is 2.88 bits per heavy atom. The molecule has 16 heavy (non-hydrogen) atoms. The Morgan fingerprint density at radius 1 is 1.38 bits per heavy atom. The van der Waals surface area contributed by atoms with Gasteiger partial charge >= 0.3 is 0 Å². The fourth-order valence-corrected chi connectivity index (χ4v) is 3.75. The van der Waals surface area contributed by atoms with Gasteiger partial charge in [-0.25, -0.2) is 0 Å². The number of hydrogen-bond acceptors (Lipinski definition) is 2. The van der Waals surface area contributed by atoms with Gasteiger partial charge in [0.15, 0.2) is 0 Å². The topological polar surface area (TPSA) is 26.3 Å². The highest BCUT2D eigenvalue weighted by Gasteiger charge is 2.54. The maximum Gasteiger partial charge on any atom is 0.142 e. The Hall–Kier alpha value is -0.630. The molecule has 0 unspecified atom stereocenters. The highest BCUT2D eigenvalue weighted by Crippen LogP contribution is 2.52. The van der Waals surface area contributed by atoms with Gasteiger partial charge in [0.05, 0.1) is 11.5 Å². The summed E-state index contributed by atoms with van der Waals surface area (Å²) in [7, 11) is 1.76. The lowest BCUT2D eigenvalue weighted by molar-refractivity contribution is -0.142. The summed E-state index contributed by atoms with van der Waals surface area (Å²) in [6, 6.07) is 0. The standard InChI is InChI=1S/C14H22O2/c1-3-6-11-7-4-8-12(15)14(11)10-5-9-13(14)16-2/h3,6,11,13H,4-5,7-10H2,1-2H3/b6-3+/t11-,13-,14+/m0/s1. The van der Waals surface area contributed by atoms with E-state index in [1.165, 1.54) is 0 Å². The van der Waals surface area contributed by atoms with Crippen molar-refractivity contribution in [3.05, 3.63) is 12.2 Å². The molecule has 0 radical (unpaired) electrons. The van der Waals surface area contributed by atoms with Gasteiger partial charge in [0.2, 0.25) is 0 Å². The van der Waals surface area contributed by atoms with E-state index in [0.717, 1.165) is 38.5 Å². The van der Waals surface area contributed by atoms with Crippen LogP contribution >= 0.6 is 0 Å². The van der Waals surface area contributed by atoms with Crippen molar-refractivity contribution in [1.82, 2.24) is 0 Å². The molecule has 90 valence electrons. The summed E-state index contributed by atoms with van der Waals surface area (Å²) in [6.45, 7) is 2.05. The summed E-state index contributed by atoms with van der Waals surface area (Å²) in [6.07, 6.45) is 10.6. The summed E-state index contributed by atoms with van der Waals surface area (Å²) < 4.78 is 5.60. The van der Waals surface area contributed by atoms with Crippen LogP contribution in [0.1, 0.15) is 45.4 Å². The molecule has 2 aliphatic rings. The molecule has 2 nitrogen and oxygen atoms in total. The minimum Gasteiger partial charge on any atom is -0.380 e. The molecule has 1 spiro atoms. The molecule has 0 heterocycles. The van der Waals surface area contributed by atoms with Crippen LogP contribution in [-0.4, -0.2) is 19.0 Å². The van der Waals surface area contributed by atoms with E-state index in [4.69, 9.17) is 4.74 Å². The van der Waals surface area contributed by atoms with Crippen LogP contribution in [0, 0.1) is 11.3 Å². The first-order chi connectivity index (χ1) is 7.75. The zero-order valence-electron chi connectivity index (χ0n) is 10.4. The van der Waals surface area contributed by atoms with Crippen molar-refractivity contribution < 1.29 is 9.53 Å². The lowest BCUT2D eigenvalue weighted by Gasteiger charge is -2.42. The molecule has 2 fully saturated rings. The van der Waals surface area contributed by atoms with Crippen LogP contribution in [0.25, 0.3) is 0 Å². The van der Waals surface area contributed by atoms with E-state index in [9.17, 15) is 4.79 Å². The van der Waals surface area contributed by atoms with Gasteiger partial charge < -0.3 is 4.74 Å². The number of hydrogen-bond donors (Lipinski definition) is 0. The number of allylic oxidation sites excluding steroid dienone is 2. The Kier molecular flexibility index (Phi) is 3.48. The number of ether oxygens (including phenoxy) is 1. The lowest BCUT2D eigenvalue weighted by atomic mass is 9.63. The monoisotopic (exact) mass is 222 g/mol. The number of rotatable bonds is 2. The zero-order valence-corrected chi connectivity index (χ0v) is 10.4. The quantitative estimate of drug-likeness (QED) is 0.671. The summed E-state index contributed by atoms with van der Waals surface area (Å²) >= 11 is 0. The van der Waals surface area contributed by atoms with Crippen LogP contribution < -0.4 is 0 Å². The summed E-state index contributed by atoms with van der Waals surface area (Å²) in [5, 5.41) is 0. The van der Waals surface area contributed by atoms with E-state index in [0.29, 0.717) is 11.7 Å². The van der Waals surface area contributed by atoms with Gasteiger partial charge in [-0.2, -0.15) is 0 Å². The van der Waals surface area contributed by atoms with E-state index >= 15 is 0 Å². The summed E-state index contributed by atoms with van der Waals surface area (Å²) in [5.74, 6) is 0.859. The first-order valence-corrected chi connectivity index (χ1v) is 6.44. The number of carbonyl (C=O) groups is 1. The van der Waals surface area contributed by atoms with E-state index in [2.05, 4.69) is 12.2 Å². The molecule has 0 aromatic carbocycles. The highest BCUT2D eigenvalue weighted by atomic mass is 16.5. The number of Topliss-reactive ketones (excluding diaryl/α,β-unsaturated/α-hetero) is 1. The van der Waals surface area contributed by atoms with Crippen molar-refractivity contribution >= 4 is 5.78 Å². The first kappa shape index (κ1) is 11.8. The van der Waals surface area contributed by atoms with E-state index in [1.807, 2.05) is 6.92 Å². The molecule has 0 N–H and O–H groups in total. The van der Waals surface area contributed by atoms with Crippen LogP contribution in [0.2, 0.25) is 0 Å². The van der Waals surface area contributed by atoms with E-state index in [1.54, 1.807) is 7.11 Å². The highest BCUT2D eigenvalue weighted by molar-refractivity contribution is 5.87. The van der Waals surface area contributed by atoms with Crippen molar-refractivity contribution in [3.8, 4) is 0 Å². The fourth-order valence-electron chi connectivity index (χ4n) is 3.75. The minimum atomic E-state index is -0.181. The van der Waals surface area contributed by atoms with Gasteiger partial charge in [-0.15, -0.1) is 0 Å². The number of carbonyl (C=O) groups excluding carboxylic acids is 1. The minimum absolute atomic E-state index is 0.154. The molecule has 0 bridgehead atoms. The molecule has 2 heteroatoms. The molecule has 0 aromatic rings. The van der Waals surface area contributed by atoms with Gasteiger partial charge in [-0.1, -0.05) is 12.2 Å². The molecule has 0 saturated heterocycles. The second kappa shape index (κ2) is 4.70. The van der Waals surface area contributed by atoms with Crippen LogP contribution in [-0.2, 0) is 9.53 Å². The molecule has 2 saturated carbocycles. The Labute approximate surface area is 98.1 Å². The molecular formula is C14H22O2. The maximum absolute atomic E-state index is 12.4. The van der Waals surface area contributed by atoms with Crippen LogP contribution in [0.4, 0.5) is 0 Å². The third-order valence-corrected chi connectivity index (χ3v) is 4.44. The predicted octanol–water partition coefficient (Wildman–Crippen LogP) is 3.12. The number of methoxy groups -OCH3 is 1. The Morgan fingerprint density at radius 2 is 2.19 bits per heavy atom. The molecular weight excluding hydrogens is 200 g/mol. The van der Waals surface area contributed by atoms with Gasteiger partial charge in [0.25, 0.3) is 0 Å². The van der Waals surface area contributed by atoms with Gasteiger partial charge in [0, 0.05) is 13.5 Å². The van der Waals surface area contributed by atoms with Crippen LogP contribution in [0.15, 0.2) is 12.2 Å². The molecule has 0 aromatic heterocycles. The molecule has 2 rings (SSSR count). The Bertz CT molecular complexity index is 295. The third kappa shape index (κ3) is 1.64. The van der Waals surface area contributed by atoms with Crippen molar-refractivity contribution in [1.29, 1.82) is 0 Å². The van der Waals surface area contributed by atoms with Crippen LogP contribution in [0.5, 0.6) is 0 Å². The van der Waals surface area contributed by atoms with Crippen LogP contribution in [0.3, 0.4) is 0 Å². The fraction of sp³-hybridized carbons (Fsp3) is 0.786. The first-order valence-electron chi connectivity index (χ1n) is 6.44. The van der Waals surface area contributed by atoms with Crippen molar-refractivity contribution in [2.75, 3.05) is 7.11 Å². The summed E-state index contributed by atoms with van der Waals surface area (Å²) in [4.78, 5) is 12.4. The SMILES string of the molecule is C/C=C/[C@H]1CCCC(=O)[C@@]12CCC[C@@H]2OC. The predicted molar refractivity (Wildman–Crippen MR) is 64.2 cm³/mol.